The van der Waals surface area contributed by atoms with Crippen molar-refractivity contribution in [3.8, 4) is 0 Å². The lowest BCUT2D eigenvalue weighted by Crippen LogP contribution is -2.40. The van der Waals surface area contributed by atoms with Crippen LogP contribution in [0.15, 0.2) is 0 Å². The predicted molar refractivity (Wildman–Crippen MR) is 54.8 cm³/mol. The molecule has 0 fully saturated rings. The van der Waals surface area contributed by atoms with Gasteiger partial charge in [-0.3, -0.25) is 9.59 Å². The van der Waals surface area contributed by atoms with Crippen LogP contribution in [0.5, 0.6) is 0 Å². The third-order valence-corrected chi connectivity index (χ3v) is 1.76. The van der Waals surface area contributed by atoms with E-state index in [4.69, 9.17) is 0 Å². The molecule has 0 aromatic heterocycles. The number of hydrogen-bond donors (Lipinski definition) is 3. The van der Waals surface area contributed by atoms with Crippen LogP contribution in [0.1, 0.15) is 13.8 Å². The zero-order valence-electron chi connectivity index (χ0n) is 9.02. The highest BCUT2D eigenvalue weighted by Gasteiger charge is 2.11. The highest BCUT2D eigenvalue weighted by molar-refractivity contribution is 5.85. The first-order valence-corrected chi connectivity index (χ1v) is 4.80. The van der Waals surface area contributed by atoms with E-state index in [0.717, 1.165) is 0 Å². The van der Waals surface area contributed by atoms with Crippen molar-refractivity contribution in [2.45, 2.75) is 13.8 Å². The van der Waals surface area contributed by atoms with Crippen LogP contribution in [0.2, 0.25) is 0 Å². The Bertz CT molecular complexity index is 194. The molecule has 0 saturated heterocycles. The van der Waals surface area contributed by atoms with Crippen LogP contribution in [0, 0.1) is 5.92 Å². The molecule has 1 unspecified atom stereocenters. The molecule has 82 valence electrons. The van der Waals surface area contributed by atoms with E-state index < -0.39 is 0 Å². The molecular weight excluding hydrogens is 182 g/mol. The second-order valence-corrected chi connectivity index (χ2v) is 3.13. The van der Waals surface area contributed by atoms with E-state index in [1.165, 1.54) is 0 Å². The lowest BCUT2D eigenvalue weighted by molar-refractivity contribution is -0.128. The fourth-order valence-electron chi connectivity index (χ4n) is 1.00. The summed E-state index contributed by atoms with van der Waals surface area (Å²) in [7, 11) is 1.79. The third kappa shape index (κ3) is 5.53. The highest BCUT2D eigenvalue weighted by atomic mass is 16.2. The van der Waals surface area contributed by atoms with Gasteiger partial charge in [-0.15, -0.1) is 0 Å². The maximum absolute atomic E-state index is 11.3. The van der Waals surface area contributed by atoms with Crippen LogP contribution in [0.3, 0.4) is 0 Å². The van der Waals surface area contributed by atoms with E-state index in [9.17, 15) is 9.59 Å². The van der Waals surface area contributed by atoms with Gasteiger partial charge in [0, 0.05) is 19.0 Å². The Morgan fingerprint density at radius 2 is 1.93 bits per heavy atom. The molecule has 14 heavy (non-hydrogen) atoms. The first-order chi connectivity index (χ1) is 6.61. The molecule has 0 aliphatic rings. The van der Waals surface area contributed by atoms with E-state index >= 15 is 0 Å². The average molecular weight is 201 g/mol. The predicted octanol–water partition coefficient (Wildman–Crippen LogP) is -0.906. The molecule has 0 rings (SSSR count). The Labute approximate surface area is 84.6 Å². The van der Waals surface area contributed by atoms with Gasteiger partial charge in [0.15, 0.2) is 0 Å². The zero-order chi connectivity index (χ0) is 11.0. The Hall–Kier alpha value is -1.10. The van der Waals surface area contributed by atoms with E-state index in [2.05, 4.69) is 16.0 Å². The molecule has 0 saturated carbocycles. The first-order valence-electron chi connectivity index (χ1n) is 4.80. The van der Waals surface area contributed by atoms with Gasteiger partial charge in [-0.1, -0.05) is 6.92 Å². The molecule has 3 N–H and O–H groups in total. The summed E-state index contributed by atoms with van der Waals surface area (Å²) in [6.45, 7) is 4.90. The first kappa shape index (κ1) is 12.9. The van der Waals surface area contributed by atoms with Crippen LogP contribution in [-0.4, -0.2) is 38.5 Å². The lowest BCUT2D eigenvalue weighted by Gasteiger charge is -2.10. The number of carbonyl (C=O) groups is 2. The average Bonchev–Trinajstić information content (AvgIpc) is 2.15. The van der Waals surface area contributed by atoms with Gasteiger partial charge in [0.05, 0.1) is 6.54 Å². The monoisotopic (exact) mass is 201 g/mol. The largest absolute Gasteiger partial charge is 0.355 e. The molecular formula is C9H19N3O2. The van der Waals surface area contributed by atoms with Gasteiger partial charge < -0.3 is 16.0 Å². The molecule has 0 heterocycles. The van der Waals surface area contributed by atoms with Crippen molar-refractivity contribution in [3.63, 3.8) is 0 Å². The molecule has 0 bridgehead atoms. The third-order valence-electron chi connectivity index (χ3n) is 1.76. The molecule has 0 spiro atoms. The maximum atomic E-state index is 11.3. The summed E-state index contributed by atoms with van der Waals surface area (Å²) in [4.78, 5) is 22.3. The number of nitrogens with one attached hydrogen (secondary N) is 3. The van der Waals surface area contributed by atoms with Crippen LogP contribution in [0.4, 0.5) is 0 Å². The quantitative estimate of drug-likeness (QED) is 0.521. The van der Waals surface area contributed by atoms with Crippen molar-refractivity contribution in [2.24, 2.45) is 5.92 Å². The van der Waals surface area contributed by atoms with E-state index in [1.807, 2.05) is 13.8 Å². The molecule has 0 aliphatic heterocycles. The summed E-state index contributed by atoms with van der Waals surface area (Å²) in [5.41, 5.74) is 0. The van der Waals surface area contributed by atoms with Crippen LogP contribution < -0.4 is 16.0 Å². The van der Waals surface area contributed by atoms with Gasteiger partial charge in [-0.05, 0) is 14.0 Å². The van der Waals surface area contributed by atoms with Gasteiger partial charge in [-0.25, -0.2) is 0 Å². The van der Waals surface area contributed by atoms with Crippen molar-refractivity contribution < 1.29 is 9.59 Å². The fourth-order valence-corrected chi connectivity index (χ4v) is 1.00. The van der Waals surface area contributed by atoms with Gasteiger partial charge in [0.2, 0.25) is 11.8 Å². The smallest absolute Gasteiger partial charge is 0.239 e. The Balaban J connectivity index is 3.67. The molecule has 5 heteroatoms. The minimum Gasteiger partial charge on any atom is -0.355 e. The zero-order valence-corrected chi connectivity index (χ0v) is 9.02. The summed E-state index contributed by atoms with van der Waals surface area (Å²) in [6, 6.07) is 0. The van der Waals surface area contributed by atoms with E-state index in [1.54, 1.807) is 7.05 Å². The van der Waals surface area contributed by atoms with Crippen molar-refractivity contribution in [3.05, 3.63) is 0 Å². The molecule has 0 aromatic rings. The topological polar surface area (TPSA) is 70.2 Å². The summed E-state index contributed by atoms with van der Waals surface area (Å²) >= 11 is 0. The molecule has 2 amide bonds. The van der Waals surface area contributed by atoms with Gasteiger partial charge in [-0.2, -0.15) is 0 Å². The molecule has 1 atom stereocenters. The number of amides is 2. The minimum atomic E-state index is -0.155. The standard InChI is InChI=1S/C9H19N3O2/c1-4-11-8(13)6-12-9(14)7(2)5-10-3/h7,10H,4-6H2,1-3H3,(H,11,13)(H,12,14). The van der Waals surface area contributed by atoms with Gasteiger partial charge in [0.1, 0.15) is 0 Å². The lowest BCUT2D eigenvalue weighted by atomic mass is 10.1. The van der Waals surface area contributed by atoms with Crippen molar-refractivity contribution in [1.29, 1.82) is 0 Å². The fraction of sp³-hybridized carbons (Fsp3) is 0.778. The highest BCUT2D eigenvalue weighted by Crippen LogP contribution is 1.90. The molecule has 5 nitrogen and oxygen atoms in total. The Morgan fingerprint density at radius 1 is 1.29 bits per heavy atom. The maximum Gasteiger partial charge on any atom is 0.239 e. The van der Waals surface area contributed by atoms with Crippen LogP contribution in [-0.2, 0) is 9.59 Å². The van der Waals surface area contributed by atoms with Gasteiger partial charge >= 0.3 is 0 Å². The number of carbonyl (C=O) groups excluding carboxylic acids is 2. The Kier molecular flexibility index (Phi) is 6.74. The SMILES string of the molecule is CCNC(=O)CNC(=O)C(C)CNC. The number of rotatable bonds is 6. The molecule has 0 aliphatic carbocycles. The summed E-state index contributed by atoms with van der Waals surface area (Å²) in [5.74, 6) is -0.377. The molecule has 0 radical (unpaired) electrons. The van der Waals surface area contributed by atoms with Crippen molar-refractivity contribution in [2.75, 3.05) is 26.7 Å². The van der Waals surface area contributed by atoms with E-state index in [-0.39, 0.29) is 24.3 Å². The van der Waals surface area contributed by atoms with E-state index in [0.29, 0.717) is 13.1 Å². The normalized spacial score (nSPS) is 11.9. The van der Waals surface area contributed by atoms with Crippen LogP contribution in [0.25, 0.3) is 0 Å². The summed E-state index contributed by atoms with van der Waals surface area (Å²) < 4.78 is 0. The van der Waals surface area contributed by atoms with Crippen molar-refractivity contribution >= 4 is 11.8 Å². The van der Waals surface area contributed by atoms with Crippen molar-refractivity contribution in [1.82, 2.24) is 16.0 Å². The number of hydrogen-bond acceptors (Lipinski definition) is 3. The Morgan fingerprint density at radius 3 is 2.43 bits per heavy atom. The number of likely N-dealkylation sites (N-methyl/N-ethyl adjacent to an activating group) is 1. The second kappa shape index (κ2) is 7.32. The summed E-state index contributed by atoms with van der Waals surface area (Å²) in [6.07, 6.45) is 0. The van der Waals surface area contributed by atoms with Gasteiger partial charge in [0.25, 0.3) is 0 Å². The van der Waals surface area contributed by atoms with Crippen LogP contribution >= 0.6 is 0 Å². The summed E-state index contributed by atoms with van der Waals surface area (Å²) in [5, 5.41) is 8.06. The second-order valence-electron chi connectivity index (χ2n) is 3.13. The minimum absolute atomic E-state index is 0.0563. The molecule has 0 aromatic carbocycles.